The Bertz CT molecular complexity index is 1050. The van der Waals surface area contributed by atoms with Gasteiger partial charge in [-0.1, -0.05) is 24.3 Å². The Morgan fingerprint density at radius 2 is 1.61 bits per heavy atom. The number of benzene rings is 1. The van der Waals surface area contributed by atoms with Gasteiger partial charge in [0.25, 0.3) is 0 Å². The minimum Gasteiger partial charge on any atom is -0.497 e. The molecule has 0 saturated heterocycles. The zero-order chi connectivity index (χ0) is 23.1. The van der Waals surface area contributed by atoms with Gasteiger partial charge in [-0.25, -0.2) is 0 Å². The lowest BCUT2D eigenvalue weighted by Gasteiger charge is -2.24. The number of rotatable bonds is 12. The van der Waals surface area contributed by atoms with Crippen LogP contribution >= 0.6 is 22.7 Å². The molecule has 0 saturated carbocycles. The van der Waals surface area contributed by atoms with Gasteiger partial charge in [0, 0.05) is 36.6 Å². The smallest absolute Gasteiger partial charge is 0.191 e. The molecule has 7 heteroatoms. The van der Waals surface area contributed by atoms with Crippen molar-refractivity contribution >= 4 is 22.7 Å². The summed E-state index contributed by atoms with van der Waals surface area (Å²) in [5.41, 5.74) is -0.0778. The van der Waals surface area contributed by atoms with Gasteiger partial charge >= 0.3 is 0 Å². The number of hydrogen-bond donors (Lipinski definition) is 1. The summed E-state index contributed by atoms with van der Waals surface area (Å²) in [6.07, 6.45) is 0.925. The fourth-order valence-electron chi connectivity index (χ4n) is 3.85. The van der Waals surface area contributed by atoms with Gasteiger partial charge in [-0.2, -0.15) is 0 Å². The highest BCUT2D eigenvalue weighted by atomic mass is 32.1. The van der Waals surface area contributed by atoms with Crippen LogP contribution in [-0.2, 0) is 23.4 Å². The van der Waals surface area contributed by atoms with Crippen LogP contribution in [0, 0.1) is 0 Å². The molecule has 3 aromatic heterocycles. The minimum atomic E-state index is -1.28. The van der Waals surface area contributed by atoms with Crippen LogP contribution in [0.1, 0.15) is 33.3 Å². The molecule has 0 amide bonds. The summed E-state index contributed by atoms with van der Waals surface area (Å²) >= 11 is 3.05. The summed E-state index contributed by atoms with van der Waals surface area (Å²) in [5, 5.41) is 15.7. The number of ether oxygens (including phenoxy) is 2. The molecule has 33 heavy (non-hydrogen) atoms. The highest BCUT2D eigenvalue weighted by molar-refractivity contribution is 7.11. The van der Waals surface area contributed by atoms with Crippen LogP contribution in [0.4, 0.5) is 0 Å². The first kappa shape index (κ1) is 23.7. The first-order chi connectivity index (χ1) is 16.1. The summed E-state index contributed by atoms with van der Waals surface area (Å²) in [5.74, 6) is 2.22. The third-order valence-electron chi connectivity index (χ3n) is 5.54. The number of nitrogens with zero attached hydrogens (tertiary/aromatic N) is 1. The Balaban J connectivity index is 1.55. The summed E-state index contributed by atoms with van der Waals surface area (Å²) in [7, 11) is 3.40. The van der Waals surface area contributed by atoms with E-state index in [0.29, 0.717) is 18.9 Å². The maximum absolute atomic E-state index is 11.8. The van der Waals surface area contributed by atoms with Crippen molar-refractivity contribution in [3.05, 3.63) is 98.3 Å². The lowest BCUT2D eigenvalue weighted by atomic mass is 9.97. The van der Waals surface area contributed by atoms with E-state index in [2.05, 4.69) is 17.0 Å². The Morgan fingerprint density at radius 1 is 0.909 bits per heavy atom. The zero-order valence-electron chi connectivity index (χ0n) is 18.9. The SMILES string of the molecule is COCCCN(Cc1ccc(OC)cc1)Cc1ccc(C(O)(c2cccs2)c2cccs2)o1. The topological polar surface area (TPSA) is 55.1 Å². The van der Waals surface area contributed by atoms with Crippen LogP contribution in [0.15, 0.2) is 75.8 Å². The molecule has 0 unspecified atom stereocenters. The van der Waals surface area contributed by atoms with Crippen LogP contribution < -0.4 is 4.74 Å². The van der Waals surface area contributed by atoms with E-state index in [-0.39, 0.29) is 0 Å². The predicted molar refractivity (Wildman–Crippen MR) is 133 cm³/mol. The molecule has 1 N–H and O–H groups in total. The zero-order valence-corrected chi connectivity index (χ0v) is 20.5. The second kappa shape index (κ2) is 11.1. The van der Waals surface area contributed by atoms with Crippen molar-refractivity contribution in [2.75, 3.05) is 27.4 Å². The molecule has 3 heterocycles. The Kier molecular flexibility index (Phi) is 8.01. The van der Waals surface area contributed by atoms with Crippen LogP contribution in [0.5, 0.6) is 5.75 Å². The molecule has 0 bridgehead atoms. The molecule has 0 spiro atoms. The van der Waals surface area contributed by atoms with Gasteiger partial charge in [-0.15, -0.1) is 22.7 Å². The van der Waals surface area contributed by atoms with Crippen molar-refractivity contribution < 1.29 is 19.0 Å². The lowest BCUT2D eigenvalue weighted by Crippen LogP contribution is -2.26. The van der Waals surface area contributed by atoms with E-state index < -0.39 is 5.60 Å². The van der Waals surface area contributed by atoms with Crippen molar-refractivity contribution in [1.29, 1.82) is 0 Å². The molecule has 0 aliphatic heterocycles. The fraction of sp³-hybridized carbons (Fsp3) is 0.308. The van der Waals surface area contributed by atoms with Crippen LogP contribution in [-0.4, -0.2) is 37.4 Å². The molecule has 1 aromatic carbocycles. The number of thiophene rings is 2. The summed E-state index contributed by atoms with van der Waals surface area (Å²) in [4.78, 5) is 4.03. The summed E-state index contributed by atoms with van der Waals surface area (Å²) in [6, 6.07) is 19.8. The average Bonchev–Trinajstić information content (AvgIpc) is 3.62. The van der Waals surface area contributed by atoms with Crippen LogP contribution in [0.3, 0.4) is 0 Å². The Hall–Kier alpha value is -2.42. The lowest BCUT2D eigenvalue weighted by molar-refractivity contribution is 0.102. The maximum atomic E-state index is 11.8. The molecular formula is C26H29NO4S2. The van der Waals surface area contributed by atoms with E-state index in [9.17, 15) is 5.11 Å². The number of hydrogen-bond acceptors (Lipinski definition) is 7. The largest absolute Gasteiger partial charge is 0.497 e. The third kappa shape index (κ3) is 5.57. The molecule has 174 valence electrons. The quantitative estimate of drug-likeness (QED) is 0.261. The first-order valence-electron chi connectivity index (χ1n) is 10.9. The van der Waals surface area contributed by atoms with Gasteiger partial charge in [0.05, 0.1) is 13.7 Å². The number of furan rings is 1. The molecule has 0 aliphatic carbocycles. The van der Waals surface area contributed by atoms with E-state index in [1.165, 1.54) is 28.2 Å². The van der Waals surface area contributed by atoms with Crippen molar-refractivity contribution in [1.82, 2.24) is 4.90 Å². The molecule has 0 aliphatic rings. The third-order valence-corrected chi connectivity index (χ3v) is 7.50. The molecule has 0 atom stereocenters. The van der Waals surface area contributed by atoms with E-state index in [1.807, 2.05) is 59.3 Å². The van der Waals surface area contributed by atoms with Gasteiger partial charge in [0.1, 0.15) is 17.3 Å². The molecular weight excluding hydrogens is 454 g/mol. The number of aliphatic hydroxyl groups is 1. The van der Waals surface area contributed by atoms with Crippen molar-refractivity contribution in [3.8, 4) is 5.75 Å². The predicted octanol–water partition coefficient (Wildman–Crippen LogP) is 5.73. The maximum Gasteiger partial charge on any atom is 0.191 e. The van der Waals surface area contributed by atoms with E-state index in [1.54, 1.807) is 14.2 Å². The summed E-state index contributed by atoms with van der Waals surface area (Å²) < 4.78 is 16.8. The molecule has 5 nitrogen and oxygen atoms in total. The monoisotopic (exact) mass is 483 g/mol. The Morgan fingerprint density at radius 3 is 2.18 bits per heavy atom. The number of methoxy groups -OCH3 is 2. The highest BCUT2D eigenvalue weighted by Crippen LogP contribution is 2.41. The van der Waals surface area contributed by atoms with Crippen molar-refractivity contribution in [2.24, 2.45) is 0 Å². The highest BCUT2D eigenvalue weighted by Gasteiger charge is 2.39. The summed E-state index contributed by atoms with van der Waals surface area (Å²) in [6.45, 7) is 3.00. The normalized spacial score (nSPS) is 11.9. The molecule has 4 aromatic rings. The second-order valence-corrected chi connectivity index (χ2v) is 9.73. The van der Waals surface area contributed by atoms with E-state index >= 15 is 0 Å². The molecule has 0 fully saturated rings. The average molecular weight is 484 g/mol. The van der Waals surface area contributed by atoms with Gasteiger partial charge in [0.2, 0.25) is 0 Å². The van der Waals surface area contributed by atoms with Crippen LogP contribution in [0.2, 0.25) is 0 Å². The fourth-order valence-corrected chi connectivity index (χ4v) is 5.60. The Labute approximate surface area is 202 Å². The van der Waals surface area contributed by atoms with Gasteiger partial charge < -0.3 is 19.0 Å². The molecule has 4 rings (SSSR count). The first-order valence-corrected chi connectivity index (χ1v) is 12.6. The van der Waals surface area contributed by atoms with Gasteiger partial charge in [-0.3, -0.25) is 4.90 Å². The van der Waals surface area contributed by atoms with Crippen molar-refractivity contribution in [3.63, 3.8) is 0 Å². The molecule has 0 radical (unpaired) electrons. The van der Waals surface area contributed by atoms with Gasteiger partial charge in [-0.05, 0) is 59.1 Å². The van der Waals surface area contributed by atoms with E-state index in [4.69, 9.17) is 13.9 Å². The standard InChI is InChI=1S/C26H29NO4S2/c1-29-15-5-14-27(18-20-8-10-21(30-2)11-9-20)19-22-12-13-23(31-22)26(28,24-6-3-16-32-24)25-7-4-17-33-25/h3-4,6-13,16-17,28H,5,14-15,18-19H2,1-2H3. The van der Waals surface area contributed by atoms with Crippen LogP contribution in [0.25, 0.3) is 0 Å². The van der Waals surface area contributed by atoms with Gasteiger partial charge in [0.15, 0.2) is 5.60 Å². The van der Waals surface area contributed by atoms with E-state index in [0.717, 1.165) is 40.8 Å². The minimum absolute atomic E-state index is 0.545. The van der Waals surface area contributed by atoms with Crippen molar-refractivity contribution in [2.45, 2.75) is 25.1 Å². The second-order valence-electron chi connectivity index (χ2n) is 7.84.